The summed E-state index contributed by atoms with van der Waals surface area (Å²) in [6.07, 6.45) is -1.38. The van der Waals surface area contributed by atoms with Crippen molar-refractivity contribution in [3.63, 3.8) is 0 Å². The van der Waals surface area contributed by atoms with Gasteiger partial charge in [0.15, 0.2) is 5.78 Å². The summed E-state index contributed by atoms with van der Waals surface area (Å²) < 4.78 is 10.3. The number of carbonyl (C=O) groups excluding carboxylic acids is 2. The quantitative estimate of drug-likeness (QED) is 0.162. The maximum atomic E-state index is 11.1. The smallest absolute Gasteiger partial charge is 0.811 e. The van der Waals surface area contributed by atoms with Crippen LogP contribution in [-0.4, -0.2) is 45.9 Å². The van der Waals surface area contributed by atoms with E-state index in [4.69, 9.17) is 5.21 Å². The van der Waals surface area contributed by atoms with Crippen LogP contribution in [0.1, 0.15) is 6.92 Å². The standard InChI is InChI=1S/C6H12NO7P.2Na/c1-6(10,3-15(12,13)14)5(9)2-7(11)4-8;;/h4,10-11H,2-3H2,1H3,(H2,12,13,14);;/q;2*+1/p-2. The molecule has 17 heavy (non-hydrogen) atoms. The normalized spacial score (nSPS) is 13.7. The Hall–Kier alpha value is 1.21. The molecule has 0 aliphatic carbocycles. The van der Waals surface area contributed by atoms with E-state index in [0.29, 0.717) is 0 Å². The second-order valence-corrected chi connectivity index (χ2v) is 4.71. The molecule has 0 aromatic rings. The van der Waals surface area contributed by atoms with E-state index in [1.807, 2.05) is 0 Å². The van der Waals surface area contributed by atoms with Crippen LogP contribution in [0.5, 0.6) is 0 Å². The number of hydroxylamine groups is 2. The minimum Gasteiger partial charge on any atom is -0.811 e. The zero-order chi connectivity index (χ0) is 12.3. The monoisotopic (exact) mass is 285 g/mol. The first-order valence-corrected chi connectivity index (χ1v) is 5.49. The fourth-order valence-corrected chi connectivity index (χ4v) is 1.75. The van der Waals surface area contributed by atoms with Gasteiger partial charge in [0.05, 0.1) is 0 Å². The van der Waals surface area contributed by atoms with E-state index in [0.717, 1.165) is 6.92 Å². The average molecular weight is 285 g/mol. The van der Waals surface area contributed by atoms with Gasteiger partial charge in [-0.25, -0.2) is 5.06 Å². The Kier molecular flexibility index (Phi) is 12.6. The number of amides is 1. The van der Waals surface area contributed by atoms with Crippen molar-refractivity contribution >= 4 is 19.8 Å². The van der Waals surface area contributed by atoms with E-state index in [2.05, 4.69) is 0 Å². The molecule has 1 unspecified atom stereocenters. The maximum absolute atomic E-state index is 11.1. The third-order valence-corrected chi connectivity index (χ3v) is 2.53. The molecule has 0 radical (unpaired) electrons. The zero-order valence-electron chi connectivity index (χ0n) is 9.82. The van der Waals surface area contributed by atoms with Gasteiger partial charge in [-0.15, -0.1) is 0 Å². The molecule has 0 aliphatic rings. The first kappa shape index (κ1) is 23.3. The molecule has 88 valence electrons. The van der Waals surface area contributed by atoms with Crippen LogP contribution in [0.25, 0.3) is 0 Å². The molecule has 0 saturated carbocycles. The van der Waals surface area contributed by atoms with Gasteiger partial charge in [0.25, 0.3) is 0 Å². The van der Waals surface area contributed by atoms with Gasteiger partial charge < -0.3 is 19.5 Å². The molecule has 8 nitrogen and oxygen atoms in total. The third-order valence-electron chi connectivity index (χ3n) is 1.53. The van der Waals surface area contributed by atoms with Crippen LogP contribution < -0.4 is 68.9 Å². The van der Waals surface area contributed by atoms with E-state index in [9.17, 15) is 29.0 Å². The fraction of sp³-hybridized carbons (Fsp3) is 0.667. The summed E-state index contributed by atoms with van der Waals surface area (Å²) in [7, 11) is -5.05. The maximum Gasteiger partial charge on any atom is 1.00 e. The van der Waals surface area contributed by atoms with Crippen molar-refractivity contribution in [3.8, 4) is 0 Å². The molecular formula is C6H10NNa2O7P. The van der Waals surface area contributed by atoms with Crippen molar-refractivity contribution in [2.75, 3.05) is 12.7 Å². The van der Waals surface area contributed by atoms with Crippen molar-refractivity contribution in [1.82, 2.24) is 5.06 Å². The molecule has 2 N–H and O–H groups in total. The number of ketones is 1. The predicted molar refractivity (Wildman–Crippen MR) is 42.7 cm³/mol. The van der Waals surface area contributed by atoms with Crippen LogP contribution in [0.15, 0.2) is 0 Å². The van der Waals surface area contributed by atoms with Gasteiger partial charge in [-0.2, -0.15) is 0 Å². The van der Waals surface area contributed by atoms with E-state index in [1.54, 1.807) is 0 Å². The Labute approximate surface area is 142 Å². The van der Waals surface area contributed by atoms with E-state index in [1.165, 1.54) is 0 Å². The Morgan fingerprint density at radius 3 is 2.18 bits per heavy atom. The van der Waals surface area contributed by atoms with Gasteiger partial charge in [-0.3, -0.25) is 14.8 Å². The summed E-state index contributed by atoms with van der Waals surface area (Å²) in [5.41, 5.74) is -2.41. The Morgan fingerprint density at radius 1 is 1.47 bits per heavy atom. The molecule has 0 heterocycles. The van der Waals surface area contributed by atoms with Gasteiger partial charge in [0.2, 0.25) is 6.41 Å². The molecule has 0 aliphatic heterocycles. The topological polar surface area (TPSA) is 141 Å². The van der Waals surface area contributed by atoms with Crippen LogP contribution in [-0.2, 0) is 14.2 Å². The van der Waals surface area contributed by atoms with Gasteiger partial charge in [-0.1, -0.05) is 7.60 Å². The van der Waals surface area contributed by atoms with Gasteiger partial charge >= 0.3 is 59.1 Å². The summed E-state index contributed by atoms with van der Waals surface area (Å²) in [5.74, 6) is -1.15. The van der Waals surface area contributed by atoms with Crippen LogP contribution in [0.3, 0.4) is 0 Å². The number of Topliss-reactive ketones (excluding diaryl/α,β-unsaturated/α-hetero) is 1. The minimum atomic E-state index is -5.05. The second kappa shape index (κ2) is 9.17. The first-order chi connectivity index (χ1) is 6.58. The van der Waals surface area contributed by atoms with Crippen LogP contribution >= 0.6 is 7.60 Å². The molecule has 0 fully saturated rings. The summed E-state index contributed by atoms with van der Waals surface area (Å²) >= 11 is 0. The molecule has 1 atom stereocenters. The number of hydrogen-bond donors (Lipinski definition) is 2. The average Bonchev–Trinajstić information content (AvgIpc) is 1.99. The predicted octanol–water partition coefficient (Wildman–Crippen LogP) is -8.92. The Bertz CT molecular complexity index is 305. The summed E-state index contributed by atoms with van der Waals surface area (Å²) in [4.78, 5) is 41.7. The van der Waals surface area contributed by atoms with E-state index in [-0.39, 0.29) is 70.6 Å². The zero-order valence-corrected chi connectivity index (χ0v) is 14.7. The molecule has 0 rings (SSSR count). The SMILES string of the molecule is CC(O)(CP(=O)([O-])[O-])C(=O)CN(O)C=O.[Na+].[Na+]. The molecule has 0 bridgehead atoms. The van der Waals surface area contributed by atoms with Crippen molar-refractivity contribution in [2.45, 2.75) is 12.5 Å². The molecule has 0 aromatic heterocycles. The molecule has 0 spiro atoms. The van der Waals surface area contributed by atoms with E-state index < -0.39 is 31.7 Å². The van der Waals surface area contributed by atoms with Crippen molar-refractivity contribution in [2.24, 2.45) is 0 Å². The van der Waals surface area contributed by atoms with E-state index >= 15 is 0 Å². The van der Waals surface area contributed by atoms with Crippen molar-refractivity contribution in [1.29, 1.82) is 0 Å². The first-order valence-electron chi connectivity index (χ1n) is 3.76. The largest absolute Gasteiger partial charge is 1.00 e. The van der Waals surface area contributed by atoms with Gasteiger partial charge in [-0.05, 0) is 6.92 Å². The third kappa shape index (κ3) is 10.8. The van der Waals surface area contributed by atoms with Gasteiger partial charge in [0.1, 0.15) is 12.1 Å². The number of aliphatic hydroxyl groups is 1. The fourth-order valence-electron chi connectivity index (χ4n) is 0.820. The number of carbonyl (C=O) groups is 2. The summed E-state index contributed by atoms with van der Waals surface area (Å²) in [5, 5.41) is 17.8. The molecular weight excluding hydrogens is 275 g/mol. The summed E-state index contributed by atoms with van der Waals surface area (Å²) in [6, 6.07) is 0. The Morgan fingerprint density at radius 2 is 1.88 bits per heavy atom. The van der Waals surface area contributed by atoms with Crippen molar-refractivity contribution in [3.05, 3.63) is 0 Å². The molecule has 0 saturated heterocycles. The molecule has 11 heteroatoms. The Balaban J connectivity index is -0.000000980. The second-order valence-electron chi connectivity index (χ2n) is 3.17. The summed E-state index contributed by atoms with van der Waals surface area (Å²) in [6.45, 7) is -0.0765. The van der Waals surface area contributed by atoms with Crippen LogP contribution in [0.2, 0.25) is 0 Å². The van der Waals surface area contributed by atoms with Crippen LogP contribution in [0.4, 0.5) is 0 Å². The van der Waals surface area contributed by atoms with Crippen LogP contribution in [0, 0.1) is 0 Å². The number of hydrogen-bond acceptors (Lipinski definition) is 7. The van der Waals surface area contributed by atoms with Gasteiger partial charge in [0, 0.05) is 6.16 Å². The minimum absolute atomic E-state index is 0. The molecule has 1 amide bonds. The molecule has 0 aromatic carbocycles. The number of nitrogens with zero attached hydrogens (tertiary/aromatic N) is 1. The number of rotatable bonds is 6. The van der Waals surface area contributed by atoms with Crippen molar-refractivity contribution < 1.29 is 93.4 Å².